The van der Waals surface area contributed by atoms with Gasteiger partial charge in [-0.15, -0.1) is 0 Å². The maximum absolute atomic E-state index is 12.1. The number of aliphatic carboxylic acids is 1. The quantitative estimate of drug-likeness (QED) is 0.671. The molecule has 1 fully saturated rings. The molecule has 0 aromatic heterocycles. The van der Waals surface area contributed by atoms with Crippen LogP contribution in [0.2, 0.25) is 0 Å². The van der Waals surface area contributed by atoms with Crippen molar-refractivity contribution in [3.05, 3.63) is 29.8 Å². The molecule has 1 saturated heterocycles. The van der Waals surface area contributed by atoms with Crippen LogP contribution in [0.3, 0.4) is 0 Å². The Morgan fingerprint density at radius 3 is 2.87 bits per heavy atom. The van der Waals surface area contributed by atoms with Crippen molar-refractivity contribution in [2.24, 2.45) is 0 Å². The maximum atomic E-state index is 12.1. The normalized spacial score (nSPS) is 18.6. The van der Waals surface area contributed by atoms with Crippen LogP contribution in [0.15, 0.2) is 24.3 Å². The summed E-state index contributed by atoms with van der Waals surface area (Å²) in [5.41, 5.74) is 1.76. The van der Waals surface area contributed by atoms with Crippen LogP contribution >= 0.6 is 0 Å². The minimum Gasteiger partial charge on any atom is -0.544 e. The molecular weight excluding hydrogens is 296 g/mol. The summed E-state index contributed by atoms with van der Waals surface area (Å²) in [5, 5.41) is 15.7. The van der Waals surface area contributed by atoms with Crippen molar-refractivity contribution in [3.8, 4) is 0 Å². The summed E-state index contributed by atoms with van der Waals surface area (Å²) in [5.74, 6) is -1.54. The number of carbonyl (C=O) groups is 2. The van der Waals surface area contributed by atoms with Crippen molar-refractivity contribution in [3.63, 3.8) is 0 Å². The first-order chi connectivity index (χ1) is 11.1. The van der Waals surface area contributed by atoms with Crippen molar-refractivity contribution in [2.75, 3.05) is 18.5 Å². The lowest BCUT2D eigenvalue weighted by Gasteiger charge is -2.18. The molecule has 2 atom stereocenters. The van der Waals surface area contributed by atoms with E-state index in [0.29, 0.717) is 6.54 Å². The lowest BCUT2D eigenvalue weighted by molar-refractivity contribution is -0.687. The highest BCUT2D eigenvalue weighted by Gasteiger charge is 2.23. The molecule has 1 amide bonds. The molecule has 3 N–H and O–H groups in total. The first-order valence-corrected chi connectivity index (χ1v) is 8.13. The summed E-state index contributed by atoms with van der Waals surface area (Å²) < 4.78 is 5.47. The largest absolute Gasteiger partial charge is 0.544 e. The van der Waals surface area contributed by atoms with Gasteiger partial charge in [-0.3, -0.25) is 4.79 Å². The van der Waals surface area contributed by atoms with Crippen molar-refractivity contribution in [2.45, 2.75) is 44.8 Å². The minimum atomic E-state index is -1.22. The van der Waals surface area contributed by atoms with Crippen LogP contribution < -0.4 is 15.7 Å². The number of carbonyl (C=O) groups excluding carboxylic acids is 2. The average Bonchev–Trinajstić information content (AvgIpc) is 3.05. The van der Waals surface area contributed by atoms with Gasteiger partial charge in [0.25, 0.3) is 0 Å². The summed E-state index contributed by atoms with van der Waals surface area (Å²) in [6.45, 7) is 3.27. The number of nitrogens with two attached hydrogens (primary N) is 1. The SMILES string of the molecule is CCc1ccccc1NC(=O)C[C@H]([NH2+]C[C@@H]1CCCO1)C(=O)[O-]. The van der Waals surface area contributed by atoms with Crippen LogP contribution in [0.4, 0.5) is 5.69 Å². The summed E-state index contributed by atoms with van der Waals surface area (Å²) in [6.07, 6.45) is 2.69. The second-order valence-corrected chi connectivity index (χ2v) is 5.79. The third kappa shape index (κ3) is 5.33. The number of aryl methyl sites for hydroxylation is 1. The molecule has 1 aliphatic heterocycles. The van der Waals surface area contributed by atoms with Gasteiger partial charge < -0.3 is 25.3 Å². The molecule has 0 saturated carbocycles. The van der Waals surface area contributed by atoms with E-state index >= 15 is 0 Å². The third-order valence-electron chi connectivity index (χ3n) is 4.09. The molecule has 1 aromatic carbocycles. The molecule has 0 bridgehead atoms. The third-order valence-corrected chi connectivity index (χ3v) is 4.09. The fraction of sp³-hybridized carbons (Fsp3) is 0.529. The molecule has 0 spiro atoms. The van der Waals surface area contributed by atoms with Gasteiger partial charge in [0, 0.05) is 12.3 Å². The number of nitrogens with one attached hydrogen (secondary N) is 1. The predicted molar refractivity (Wildman–Crippen MR) is 83.6 cm³/mol. The number of ether oxygens (including phenoxy) is 1. The average molecular weight is 320 g/mol. The van der Waals surface area contributed by atoms with Crippen LogP contribution in [0.25, 0.3) is 0 Å². The zero-order valence-corrected chi connectivity index (χ0v) is 13.4. The fourth-order valence-corrected chi connectivity index (χ4v) is 2.76. The molecule has 1 heterocycles. The Morgan fingerprint density at radius 2 is 2.22 bits per heavy atom. The number of hydrogen-bond acceptors (Lipinski definition) is 4. The standard InChI is InChI=1S/C17H24N2O4/c1-2-12-6-3-4-8-14(12)19-16(20)10-15(17(21)22)18-11-13-7-5-9-23-13/h3-4,6,8,13,15,18H,2,5,7,9-11H2,1H3,(H,19,20)(H,21,22)/t13-,15-/m0/s1. The monoisotopic (exact) mass is 320 g/mol. The lowest BCUT2D eigenvalue weighted by atomic mass is 10.1. The van der Waals surface area contributed by atoms with E-state index in [1.807, 2.05) is 31.2 Å². The van der Waals surface area contributed by atoms with Gasteiger partial charge in [0.15, 0.2) is 0 Å². The Balaban J connectivity index is 1.88. The number of quaternary nitrogens is 1. The number of hydrogen-bond donors (Lipinski definition) is 2. The van der Waals surface area contributed by atoms with Crippen LogP contribution in [-0.2, 0) is 20.7 Å². The molecule has 126 valence electrons. The Hall–Kier alpha value is -1.92. The zero-order valence-electron chi connectivity index (χ0n) is 13.4. The number of anilines is 1. The number of carboxylic acid groups (broad SMARTS) is 1. The maximum Gasteiger partial charge on any atom is 0.230 e. The van der Waals surface area contributed by atoms with E-state index in [0.717, 1.165) is 37.1 Å². The van der Waals surface area contributed by atoms with E-state index in [9.17, 15) is 14.7 Å². The van der Waals surface area contributed by atoms with Crippen LogP contribution in [0.1, 0.15) is 31.7 Å². The van der Waals surface area contributed by atoms with E-state index in [1.165, 1.54) is 0 Å². The number of amides is 1. The smallest absolute Gasteiger partial charge is 0.230 e. The Bertz CT molecular complexity index is 541. The topological polar surface area (TPSA) is 95.1 Å². The molecule has 0 unspecified atom stereocenters. The molecular formula is C17H24N2O4. The second-order valence-electron chi connectivity index (χ2n) is 5.79. The van der Waals surface area contributed by atoms with Crippen molar-refractivity contribution in [1.29, 1.82) is 0 Å². The number of carboxylic acids is 1. The number of para-hydroxylation sites is 1. The van der Waals surface area contributed by atoms with Crippen LogP contribution in [0, 0.1) is 0 Å². The summed E-state index contributed by atoms with van der Waals surface area (Å²) in [7, 11) is 0. The molecule has 6 heteroatoms. The zero-order chi connectivity index (χ0) is 16.7. The van der Waals surface area contributed by atoms with Gasteiger partial charge in [-0.25, -0.2) is 0 Å². The molecule has 2 rings (SSSR count). The van der Waals surface area contributed by atoms with E-state index < -0.39 is 12.0 Å². The fourth-order valence-electron chi connectivity index (χ4n) is 2.76. The Morgan fingerprint density at radius 1 is 1.43 bits per heavy atom. The highest BCUT2D eigenvalue weighted by Crippen LogP contribution is 2.15. The highest BCUT2D eigenvalue weighted by molar-refractivity contribution is 5.94. The number of benzene rings is 1. The van der Waals surface area contributed by atoms with Gasteiger partial charge in [-0.2, -0.15) is 0 Å². The van der Waals surface area contributed by atoms with Gasteiger partial charge in [0.1, 0.15) is 18.7 Å². The number of rotatable bonds is 8. The summed E-state index contributed by atoms with van der Waals surface area (Å²) >= 11 is 0. The molecule has 1 aromatic rings. The highest BCUT2D eigenvalue weighted by atomic mass is 16.5. The Labute approximate surface area is 136 Å². The predicted octanol–water partition coefficient (Wildman–Crippen LogP) is -0.561. The van der Waals surface area contributed by atoms with Crippen LogP contribution in [-0.4, -0.2) is 37.2 Å². The molecule has 23 heavy (non-hydrogen) atoms. The van der Waals surface area contributed by atoms with E-state index in [4.69, 9.17) is 4.74 Å². The summed E-state index contributed by atoms with van der Waals surface area (Å²) in [6, 6.07) is 6.62. The molecule has 0 radical (unpaired) electrons. The second kappa shape index (κ2) is 8.64. The van der Waals surface area contributed by atoms with Crippen LogP contribution in [0.5, 0.6) is 0 Å². The van der Waals surface area contributed by atoms with Crippen molar-refractivity contribution < 1.29 is 24.7 Å². The molecule has 0 aliphatic carbocycles. The first kappa shape index (κ1) is 17.4. The van der Waals surface area contributed by atoms with Gasteiger partial charge in [-0.1, -0.05) is 25.1 Å². The van der Waals surface area contributed by atoms with Gasteiger partial charge in [0.05, 0.1) is 12.4 Å². The summed E-state index contributed by atoms with van der Waals surface area (Å²) in [4.78, 5) is 23.4. The van der Waals surface area contributed by atoms with E-state index in [2.05, 4.69) is 5.32 Å². The minimum absolute atomic E-state index is 0.0701. The molecule has 6 nitrogen and oxygen atoms in total. The first-order valence-electron chi connectivity index (χ1n) is 8.13. The van der Waals surface area contributed by atoms with Gasteiger partial charge >= 0.3 is 0 Å². The van der Waals surface area contributed by atoms with Gasteiger partial charge in [-0.05, 0) is 30.9 Å². The van der Waals surface area contributed by atoms with Crippen molar-refractivity contribution >= 4 is 17.6 Å². The lowest BCUT2D eigenvalue weighted by Crippen LogP contribution is -2.94. The molecule has 1 aliphatic rings. The van der Waals surface area contributed by atoms with E-state index in [1.54, 1.807) is 5.32 Å². The van der Waals surface area contributed by atoms with Crippen molar-refractivity contribution in [1.82, 2.24) is 0 Å². The van der Waals surface area contributed by atoms with Gasteiger partial charge in [0.2, 0.25) is 5.91 Å². The Kier molecular flexibility index (Phi) is 6.55. The van der Waals surface area contributed by atoms with E-state index in [-0.39, 0.29) is 18.4 Å².